The Morgan fingerprint density at radius 3 is 1.14 bits per heavy atom. The Hall–Kier alpha value is -3.52. The van der Waals surface area contributed by atoms with Crippen LogP contribution in [0.25, 0.3) is 33.4 Å². The van der Waals surface area contributed by atoms with Crippen molar-refractivity contribution >= 4 is 11.4 Å². The average molecular weight is 364 g/mol. The molecule has 4 aromatic carbocycles. The van der Waals surface area contributed by atoms with Crippen LogP contribution in [-0.2, 0) is 0 Å². The highest BCUT2D eigenvalue weighted by Crippen LogP contribution is 2.40. The third-order valence-electron chi connectivity index (χ3n) is 5.10. The number of nitrogens with two attached hydrogens (primary N) is 2. The van der Waals surface area contributed by atoms with Crippen molar-refractivity contribution in [3.05, 3.63) is 96.1 Å². The minimum absolute atomic E-state index is 0.756. The van der Waals surface area contributed by atoms with Gasteiger partial charge in [-0.25, -0.2) is 0 Å². The van der Waals surface area contributed by atoms with Gasteiger partial charge in [-0.1, -0.05) is 71.8 Å². The summed E-state index contributed by atoms with van der Waals surface area (Å²) in [6.07, 6.45) is 0. The van der Waals surface area contributed by atoms with Crippen LogP contribution >= 0.6 is 0 Å². The number of benzene rings is 4. The molecule has 0 aliphatic heterocycles. The Morgan fingerprint density at radius 1 is 0.429 bits per heavy atom. The van der Waals surface area contributed by atoms with E-state index in [1.54, 1.807) is 0 Å². The summed E-state index contributed by atoms with van der Waals surface area (Å²) >= 11 is 0. The molecule has 0 aromatic heterocycles. The van der Waals surface area contributed by atoms with Crippen molar-refractivity contribution in [2.75, 3.05) is 11.5 Å². The summed E-state index contributed by atoms with van der Waals surface area (Å²) in [5, 5.41) is 0. The molecule has 4 N–H and O–H groups in total. The minimum atomic E-state index is 0.756. The molecule has 0 saturated heterocycles. The number of anilines is 2. The fraction of sp³-hybridized carbons (Fsp3) is 0.0769. The summed E-state index contributed by atoms with van der Waals surface area (Å²) in [4.78, 5) is 0. The Morgan fingerprint density at radius 2 is 0.786 bits per heavy atom. The second-order valence-electron chi connectivity index (χ2n) is 7.34. The number of nitrogen functional groups attached to an aromatic ring is 2. The van der Waals surface area contributed by atoms with Gasteiger partial charge in [-0.3, -0.25) is 0 Å². The third kappa shape index (κ3) is 3.49. The van der Waals surface area contributed by atoms with Crippen molar-refractivity contribution < 1.29 is 0 Å². The van der Waals surface area contributed by atoms with E-state index in [4.69, 9.17) is 11.5 Å². The van der Waals surface area contributed by atoms with E-state index in [1.165, 1.54) is 11.1 Å². The number of aryl methyl sites for hydroxylation is 2. The molecule has 0 heterocycles. The van der Waals surface area contributed by atoms with E-state index in [0.29, 0.717) is 0 Å². The standard InChI is InChI=1S/C26H24N2/c1-17-3-7-19(8-4-17)25-15-21(27)11-13-23(25)24-14-12-22(28)16-26(24)20-9-5-18(2)6-10-20/h3-16H,27-28H2,1-2H3. The van der Waals surface area contributed by atoms with Gasteiger partial charge in [0.05, 0.1) is 0 Å². The molecule has 0 fully saturated rings. The van der Waals surface area contributed by atoms with E-state index in [0.717, 1.165) is 44.8 Å². The Labute approximate surface area is 166 Å². The maximum absolute atomic E-state index is 6.14. The third-order valence-corrected chi connectivity index (χ3v) is 5.10. The first-order valence-corrected chi connectivity index (χ1v) is 9.45. The SMILES string of the molecule is Cc1ccc(-c2cc(N)ccc2-c2ccc(N)cc2-c2ccc(C)cc2)cc1. The summed E-state index contributed by atoms with van der Waals surface area (Å²) in [5.41, 5.74) is 23.1. The first kappa shape index (κ1) is 17.9. The van der Waals surface area contributed by atoms with Gasteiger partial charge in [-0.2, -0.15) is 0 Å². The van der Waals surface area contributed by atoms with Crippen molar-refractivity contribution in [1.82, 2.24) is 0 Å². The van der Waals surface area contributed by atoms with Crippen molar-refractivity contribution in [3.8, 4) is 33.4 Å². The Kier molecular flexibility index (Phi) is 4.62. The molecule has 0 aliphatic carbocycles. The average Bonchev–Trinajstić information content (AvgIpc) is 2.69. The van der Waals surface area contributed by atoms with Gasteiger partial charge in [0, 0.05) is 11.4 Å². The van der Waals surface area contributed by atoms with E-state index >= 15 is 0 Å². The van der Waals surface area contributed by atoms with Crippen molar-refractivity contribution in [1.29, 1.82) is 0 Å². The molecule has 0 unspecified atom stereocenters. The van der Waals surface area contributed by atoms with Gasteiger partial charge in [0.2, 0.25) is 0 Å². The minimum Gasteiger partial charge on any atom is -0.399 e. The lowest BCUT2D eigenvalue weighted by molar-refractivity contribution is 1.46. The van der Waals surface area contributed by atoms with Gasteiger partial charge < -0.3 is 11.5 Å². The number of rotatable bonds is 3. The zero-order valence-corrected chi connectivity index (χ0v) is 16.2. The van der Waals surface area contributed by atoms with Crippen LogP contribution in [0.1, 0.15) is 11.1 Å². The number of hydrogen-bond donors (Lipinski definition) is 2. The van der Waals surface area contributed by atoms with Gasteiger partial charge in [-0.15, -0.1) is 0 Å². The topological polar surface area (TPSA) is 52.0 Å². The zero-order valence-electron chi connectivity index (χ0n) is 16.2. The molecule has 2 nitrogen and oxygen atoms in total. The van der Waals surface area contributed by atoms with Crippen LogP contribution in [0.2, 0.25) is 0 Å². The summed E-state index contributed by atoms with van der Waals surface area (Å²) in [6, 6.07) is 29.4. The van der Waals surface area contributed by atoms with Crippen molar-refractivity contribution in [2.45, 2.75) is 13.8 Å². The Balaban J connectivity index is 1.95. The van der Waals surface area contributed by atoms with Crippen molar-refractivity contribution in [2.24, 2.45) is 0 Å². The Bertz CT molecular complexity index is 1030. The molecule has 4 rings (SSSR count). The molecular weight excluding hydrogens is 340 g/mol. The molecule has 0 bridgehead atoms. The van der Waals surface area contributed by atoms with E-state index in [9.17, 15) is 0 Å². The van der Waals surface area contributed by atoms with Gasteiger partial charge in [0.1, 0.15) is 0 Å². The first-order valence-electron chi connectivity index (χ1n) is 9.45. The normalized spacial score (nSPS) is 10.8. The molecule has 2 heteroatoms. The summed E-state index contributed by atoms with van der Waals surface area (Å²) in [7, 11) is 0. The van der Waals surface area contributed by atoms with Crippen LogP contribution in [0.15, 0.2) is 84.9 Å². The van der Waals surface area contributed by atoms with Gasteiger partial charge >= 0.3 is 0 Å². The van der Waals surface area contributed by atoms with Crippen LogP contribution in [0.3, 0.4) is 0 Å². The van der Waals surface area contributed by atoms with Crippen LogP contribution in [-0.4, -0.2) is 0 Å². The monoisotopic (exact) mass is 364 g/mol. The maximum atomic E-state index is 6.14. The summed E-state index contributed by atoms with van der Waals surface area (Å²) in [6.45, 7) is 4.19. The second kappa shape index (κ2) is 7.24. The highest BCUT2D eigenvalue weighted by atomic mass is 14.5. The molecule has 28 heavy (non-hydrogen) atoms. The lowest BCUT2D eigenvalue weighted by Gasteiger charge is -2.16. The van der Waals surface area contributed by atoms with E-state index in [-0.39, 0.29) is 0 Å². The maximum Gasteiger partial charge on any atom is 0.0320 e. The van der Waals surface area contributed by atoms with Gasteiger partial charge in [0.25, 0.3) is 0 Å². The number of hydrogen-bond acceptors (Lipinski definition) is 2. The molecule has 0 saturated carbocycles. The van der Waals surface area contributed by atoms with Crippen LogP contribution in [0, 0.1) is 13.8 Å². The largest absolute Gasteiger partial charge is 0.399 e. The highest BCUT2D eigenvalue weighted by molar-refractivity contribution is 5.93. The van der Waals surface area contributed by atoms with Gasteiger partial charge in [0.15, 0.2) is 0 Å². The first-order chi connectivity index (χ1) is 13.5. The van der Waals surface area contributed by atoms with E-state index in [1.807, 2.05) is 12.1 Å². The highest BCUT2D eigenvalue weighted by Gasteiger charge is 2.13. The molecule has 0 aliphatic rings. The predicted molar refractivity (Wildman–Crippen MR) is 121 cm³/mol. The molecule has 138 valence electrons. The van der Waals surface area contributed by atoms with E-state index < -0.39 is 0 Å². The van der Waals surface area contributed by atoms with Gasteiger partial charge in [-0.05, 0) is 71.5 Å². The lowest BCUT2D eigenvalue weighted by atomic mass is 9.88. The molecule has 0 radical (unpaired) electrons. The van der Waals surface area contributed by atoms with Crippen LogP contribution < -0.4 is 11.5 Å². The second-order valence-corrected chi connectivity index (χ2v) is 7.34. The lowest BCUT2D eigenvalue weighted by Crippen LogP contribution is -1.94. The molecule has 4 aromatic rings. The zero-order chi connectivity index (χ0) is 19.7. The smallest absolute Gasteiger partial charge is 0.0320 e. The fourth-order valence-corrected chi connectivity index (χ4v) is 3.54. The molecular formula is C26H24N2. The molecule has 0 atom stereocenters. The fourth-order valence-electron chi connectivity index (χ4n) is 3.54. The van der Waals surface area contributed by atoms with E-state index in [2.05, 4.69) is 86.6 Å². The summed E-state index contributed by atoms with van der Waals surface area (Å²) in [5.74, 6) is 0. The predicted octanol–water partition coefficient (Wildman–Crippen LogP) is 6.47. The van der Waals surface area contributed by atoms with Crippen molar-refractivity contribution in [3.63, 3.8) is 0 Å². The van der Waals surface area contributed by atoms with Crippen LogP contribution in [0.4, 0.5) is 11.4 Å². The summed E-state index contributed by atoms with van der Waals surface area (Å²) < 4.78 is 0. The molecule has 0 spiro atoms. The molecule has 0 amide bonds. The van der Waals surface area contributed by atoms with Crippen LogP contribution in [0.5, 0.6) is 0 Å². The quantitative estimate of drug-likeness (QED) is 0.409.